The zero-order valence-corrected chi connectivity index (χ0v) is 11.6. The first-order valence-electron chi connectivity index (χ1n) is 6.78. The SMILES string of the molecule is CC1(C(=O)O)CCCCC1Nc1cc(F)ccc1[N+](=O)[O-]. The molecule has 0 spiro atoms. The topological polar surface area (TPSA) is 92.5 Å². The van der Waals surface area contributed by atoms with Gasteiger partial charge in [-0.15, -0.1) is 0 Å². The fourth-order valence-corrected chi connectivity index (χ4v) is 2.79. The van der Waals surface area contributed by atoms with Crippen molar-refractivity contribution in [1.29, 1.82) is 0 Å². The van der Waals surface area contributed by atoms with Crippen molar-refractivity contribution in [3.05, 3.63) is 34.1 Å². The average Bonchev–Trinajstić information content (AvgIpc) is 2.41. The molecule has 0 heterocycles. The Balaban J connectivity index is 2.33. The molecule has 1 aromatic rings. The van der Waals surface area contributed by atoms with Crippen LogP contribution < -0.4 is 5.32 Å². The molecule has 2 rings (SSSR count). The van der Waals surface area contributed by atoms with E-state index >= 15 is 0 Å². The number of carboxylic acids is 1. The highest BCUT2D eigenvalue weighted by atomic mass is 19.1. The van der Waals surface area contributed by atoms with Gasteiger partial charge in [0.2, 0.25) is 0 Å². The molecule has 2 atom stereocenters. The van der Waals surface area contributed by atoms with E-state index in [0.29, 0.717) is 12.8 Å². The van der Waals surface area contributed by atoms with Crippen LogP contribution in [0.1, 0.15) is 32.6 Å². The van der Waals surface area contributed by atoms with Gasteiger partial charge in [0.05, 0.1) is 10.3 Å². The largest absolute Gasteiger partial charge is 0.481 e. The van der Waals surface area contributed by atoms with Crippen LogP contribution in [0.2, 0.25) is 0 Å². The Morgan fingerprint density at radius 1 is 1.52 bits per heavy atom. The van der Waals surface area contributed by atoms with E-state index in [9.17, 15) is 24.4 Å². The Kier molecular flexibility index (Phi) is 4.11. The minimum Gasteiger partial charge on any atom is -0.481 e. The molecule has 6 nitrogen and oxygen atoms in total. The normalized spacial score (nSPS) is 25.3. The van der Waals surface area contributed by atoms with E-state index in [1.54, 1.807) is 6.92 Å². The number of nitrogens with one attached hydrogen (secondary N) is 1. The number of halogens is 1. The molecular formula is C14H17FN2O4. The summed E-state index contributed by atoms with van der Waals surface area (Å²) in [5.74, 6) is -1.55. The lowest BCUT2D eigenvalue weighted by Gasteiger charge is -2.38. The third kappa shape index (κ3) is 2.96. The molecule has 2 N–H and O–H groups in total. The molecule has 0 aromatic heterocycles. The molecule has 1 aliphatic rings. The highest BCUT2D eigenvalue weighted by molar-refractivity contribution is 5.76. The Hall–Kier alpha value is -2.18. The monoisotopic (exact) mass is 296 g/mol. The highest BCUT2D eigenvalue weighted by Crippen LogP contribution is 2.39. The summed E-state index contributed by atoms with van der Waals surface area (Å²) in [6, 6.07) is 2.66. The van der Waals surface area contributed by atoms with Crippen molar-refractivity contribution in [2.24, 2.45) is 5.41 Å². The number of anilines is 1. The summed E-state index contributed by atoms with van der Waals surface area (Å²) in [6.07, 6.45) is 2.70. The molecule has 2 unspecified atom stereocenters. The fraction of sp³-hybridized carbons (Fsp3) is 0.500. The minimum atomic E-state index is -1.02. The van der Waals surface area contributed by atoms with E-state index in [0.717, 1.165) is 31.0 Å². The van der Waals surface area contributed by atoms with Gasteiger partial charge in [-0.3, -0.25) is 14.9 Å². The molecule has 21 heavy (non-hydrogen) atoms. The Labute approximate surface area is 121 Å². The zero-order valence-electron chi connectivity index (χ0n) is 11.6. The Morgan fingerprint density at radius 2 is 2.24 bits per heavy atom. The molecule has 1 saturated carbocycles. The van der Waals surface area contributed by atoms with Crippen molar-refractivity contribution in [2.75, 3.05) is 5.32 Å². The number of hydrogen-bond donors (Lipinski definition) is 2. The summed E-state index contributed by atoms with van der Waals surface area (Å²) >= 11 is 0. The number of nitrogens with zero attached hydrogens (tertiary/aromatic N) is 1. The predicted octanol–water partition coefficient (Wildman–Crippen LogP) is 3.18. The predicted molar refractivity (Wildman–Crippen MR) is 74.7 cm³/mol. The third-order valence-corrected chi connectivity index (χ3v) is 4.18. The van der Waals surface area contributed by atoms with Gasteiger partial charge in [0.1, 0.15) is 11.5 Å². The molecule has 0 amide bonds. The smallest absolute Gasteiger partial charge is 0.311 e. The molecule has 1 aliphatic carbocycles. The first kappa shape index (κ1) is 15.2. The summed E-state index contributed by atoms with van der Waals surface area (Å²) < 4.78 is 13.3. The number of benzene rings is 1. The van der Waals surface area contributed by atoms with Crippen molar-refractivity contribution < 1.29 is 19.2 Å². The van der Waals surface area contributed by atoms with Crippen molar-refractivity contribution in [2.45, 2.75) is 38.6 Å². The van der Waals surface area contributed by atoms with Gasteiger partial charge >= 0.3 is 5.97 Å². The van der Waals surface area contributed by atoms with Crippen LogP contribution in [0.25, 0.3) is 0 Å². The summed E-state index contributed by atoms with van der Waals surface area (Å²) in [6.45, 7) is 1.62. The van der Waals surface area contributed by atoms with Gasteiger partial charge in [-0.2, -0.15) is 0 Å². The molecule has 1 fully saturated rings. The number of aliphatic carboxylic acids is 1. The zero-order chi connectivity index (χ0) is 15.6. The summed E-state index contributed by atoms with van der Waals surface area (Å²) in [5.41, 5.74) is -1.24. The van der Waals surface area contributed by atoms with Crippen LogP contribution in [-0.4, -0.2) is 22.0 Å². The van der Waals surface area contributed by atoms with Gasteiger partial charge < -0.3 is 10.4 Å². The first-order chi connectivity index (χ1) is 9.84. The first-order valence-corrected chi connectivity index (χ1v) is 6.78. The quantitative estimate of drug-likeness (QED) is 0.657. The lowest BCUT2D eigenvalue weighted by Crippen LogP contribution is -2.46. The number of carboxylic acid groups (broad SMARTS) is 1. The maximum atomic E-state index is 13.3. The van der Waals surface area contributed by atoms with E-state index < -0.39 is 28.2 Å². The molecule has 0 aliphatic heterocycles. The van der Waals surface area contributed by atoms with Crippen LogP contribution in [0.5, 0.6) is 0 Å². The van der Waals surface area contributed by atoms with E-state index in [1.165, 1.54) is 0 Å². The van der Waals surface area contributed by atoms with Gasteiger partial charge in [-0.1, -0.05) is 12.8 Å². The molecule has 7 heteroatoms. The summed E-state index contributed by atoms with van der Waals surface area (Å²) in [7, 11) is 0. The van der Waals surface area contributed by atoms with Gasteiger partial charge in [0.25, 0.3) is 5.69 Å². The lowest BCUT2D eigenvalue weighted by molar-refractivity contribution is -0.384. The van der Waals surface area contributed by atoms with Gasteiger partial charge in [-0.25, -0.2) is 4.39 Å². The second kappa shape index (κ2) is 5.67. The Morgan fingerprint density at radius 3 is 2.86 bits per heavy atom. The molecule has 114 valence electrons. The maximum Gasteiger partial charge on any atom is 0.311 e. The van der Waals surface area contributed by atoms with Gasteiger partial charge in [0, 0.05) is 18.2 Å². The lowest BCUT2D eigenvalue weighted by atomic mass is 9.71. The second-order valence-electron chi connectivity index (χ2n) is 5.58. The van der Waals surface area contributed by atoms with E-state index in [-0.39, 0.29) is 11.4 Å². The molecule has 0 bridgehead atoms. The Bertz CT molecular complexity index is 578. The molecular weight excluding hydrogens is 279 g/mol. The molecule has 0 saturated heterocycles. The van der Waals surface area contributed by atoms with Crippen LogP contribution >= 0.6 is 0 Å². The molecule has 1 aromatic carbocycles. The summed E-state index contributed by atoms with van der Waals surface area (Å²) in [4.78, 5) is 21.9. The van der Waals surface area contributed by atoms with Crippen molar-refractivity contribution in [3.8, 4) is 0 Å². The van der Waals surface area contributed by atoms with Crippen LogP contribution in [0.3, 0.4) is 0 Å². The second-order valence-corrected chi connectivity index (χ2v) is 5.58. The third-order valence-electron chi connectivity index (χ3n) is 4.18. The van der Waals surface area contributed by atoms with E-state index in [2.05, 4.69) is 5.32 Å². The van der Waals surface area contributed by atoms with Crippen molar-refractivity contribution >= 4 is 17.3 Å². The maximum absolute atomic E-state index is 13.3. The minimum absolute atomic E-state index is 0.0272. The average molecular weight is 296 g/mol. The number of carbonyl (C=O) groups is 1. The van der Waals surface area contributed by atoms with Crippen LogP contribution in [-0.2, 0) is 4.79 Å². The van der Waals surface area contributed by atoms with Crippen molar-refractivity contribution in [1.82, 2.24) is 0 Å². The van der Waals surface area contributed by atoms with Gasteiger partial charge in [-0.05, 0) is 25.8 Å². The standard InChI is InChI=1S/C14H17FN2O4/c1-14(13(18)19)7-3-2-4-12(14)16-10-8-9(15)5-6-11(10)17(20)21/h5-6,8,12,16H,2-4,7H2,1H3,(H,18,19). The number of rotatable bonds is 4. The van der Waals surface area contributed by atoms with Crippen LogP contribution in [0.15, 0.2) is 18.2 Å². The van der Waals surface area contributed by atoms with E-state index in [4.69, 9.17) is 0 Å². The van der Waals surface area contributed by atoms with E-state index in [1.807, 2.05) is 0 Å². The van der Waals surface area contributed by atoms with Crippen LogP contribution in [0, 0.1) is 21.3 Å². The van der Waals surface area contributed by atoms with Gasteiger partial charge in [0.15, 0.2) is 0 Å². The fourth-order valence-electron chi connectivity index (χ4n) is 2.79. The number of nitro groups is 1. The molecule has 0 radical (unpaired) electrons. The van der Waals surface area contributed by atoms with Crippen molar-refractivity contribution in [3.63, 3.8) is 0 Å². The number of nitro benzene ring substituents is 1. The summed E-state index contributed by atoms with van der Waals surface area (Å²) in [5, 5.41) is 23.3. The highest BCUT2D eigenvalue weighted by Gasteiger charge is 2.43. The van der Waals surface area contributed by atoms with Crippen LogP contribution in [0.4, 0.5) is 15.8 Å². The number of hydrogen-bond acceptors (Lipinski definition) is 4.